The van der Waals surface area contributed by atoms with Gasteiger partial charge in [0, 0.05) is 13.3 Å². The molecule has 1 unspecified atom stereocenters. The summed E-state index contributed by atoms with van der Waals surface area (Å²) in [5.41, 5.74) is 1.41. The lowest BCUT2D eigenvalue weighted by Crippen LogP contribution is -2.41. The third kappa shape index (κ3) is 4.46. The van der Waals surface area contributed by atoms with Crippen LogP contribution in [-0.4, -0.2) is 28.1 Å². The fourth-order valence-corrected chi connectivity index (χ4v) is 1.77. The first-order valence-electron chi connectivity index (χ1n) is 5.85. The van der Waals surface area contributed by atoms with Gasteiger partial charge in [-0.15, -0.1) is 6.58 Å². The average molecular weight is 263 g/mol. The molecule has 3 N–H and O–H groups in total. The molecular formula is C14H17NO4. The summed E-state index contributed by atoms with van der Waals surface area (Å²) in [6.07, 6.45) is 2.32. The van der Waals surface area contributed by atoms with Crippen molar-refractivity contribution in [2.24, 2.45) is 0 Å². The Bertz CT molecular complexity index is 496. The number of benzene rings is 1. The minimum Gasteiger partial charge on any atom is -0.508 e. The third-order valence-electron chi connectivity index (χ3n) is 2.62. The normalized spacial score (nSPS) is 11.6. The van der Waals surface area contributed by atoms with Crippen molar-refractivity contribution in [3.63, 3.8) is 0 Å². The quantitative estimate of drug-likeness (QED) is 0.674. The zero-order chi connectivity index (χ0) is 14.4. The van der Waals surface area contributed by atoms with Gasteiger partial charge in [0.2, 0.25) is 5.91 Å². The summed E-state index contributed by atoms with van der Waals surface area (Å²) < 4.78 is 0. The van der Waals surface area contributed by atoms with E-state index in [2.05, 4.69) is 11.9 Å². The fourth-order valence-electron chi connectivity index (χ4n) is 1.77. The lowest BCUT2D eigenvalue weighted by atomic mass is 10.0. The van der Waals surface area contributed by atoms with Gasteiger partial charge in [-0.05, 0) is 23.6 Å². The number of carboxylic acids is 1. The van der Waals surface area contributed by atoms with Gasteiger partial charge >= 0.3 is 5.97 Å². The van der Waals surface area contributed by atoms with E-state index in [9.17, 15) is 14.7 Å². The number of hydrogen-bond donors (Lipinski definition) is 3. The second-order valence-electron chi connectivity index (χ2n) is 4.25. The monoisotopic (exact) mass is 263 g/mol. The summed E-state index contributed by atoms with van der Waals surface area (Å²) in [5.74, 6) is -1.33. The van der Waals surface area contributed by atoms with Gasteiger partial charge in [-0.3, -0.25) is 4.79 Å². The van der Waals surface area contributed by atoms with Gasteiger partial charge in [0.05, 0.1) is 0 Å². The summed E-state index contributed by atoms with van der Waals surface area (Å²) in [6.45, 7) is 4.87. The number of rotatable bonds is 6. The Hall–Kier alpha value is -2.30. The highest BCUT2D eigenvalue weighted by Crippen LogP contribution is 2.20. The number of aliphatic carboxylic acids is 1. The number of phenolic OH excluding ortho intramolecular Hbond substituents is 1. The molecule has 0 bridgehead atoms. The van der Waals surface area contributed by atoms with E-state index in [0.29, 0.717) is 12.0 Å². The van der Waals surface area contributed by atoms with Gasteiger partial charge < -0.3 is 15.5 Å². The standard InChI is InChI=1S/C14H17NO4/c1-3-4-11-7-10(5-6-13(11)17)8-12(14(18)19)15-9(2)16/h3,5-7,12,17H,1,4,8H2,2H3,(H,15,16)(H,18,19). The molecule has 19 heavy (non-hydrogen) atoms. The van der Waals surface area contributed by atoms with Crippen LogP contribution in [0.25, 0.3) is 0 Å². The van der Waals surface area contributed by atoms with Crippen molar-refractivity contribution in [3.8, 4) is 5.75 Å². The van der Waals surface area contributed by atoms with Crippen molar-refractivity contribution < 1.29 is 19.8 Å². The van der Waals surface area contributed by atoms with E-state index in [0.717, 1.165) is 5.56 Å². The topological polar surface area (TPSA) is 86.6 Å². The summed E-state index contributed by atoms with van der Waals surface area (Å²) in [5, 5.41) is 21.0. The summed E-state index contributed by atoms with van der Waals surface area (Å²) in [7, 11) is 0. The molecule has 0 heterocycles. The molecule has 5 heteroatoms. The molecular weight excluding hydrogens is 246 g/mol. The number of carboxylic acid groups (broad SMARTS) is 1. The molecule has 102 valence electrons. The molecule has 0 aliphatic heterocycles. The Labute approximate surface area is 111 Å². The van der Waals surface area contributed by atoms with Crippen LogP contribution in [0.1, 0.15) is 18.1 Å². The maximum absolute atomic E-state index is 11.0. The Morgan fingerprint density at radius 1 is 1.47 bits per heavy atom. The molecule has 1 aromatic carbocycles. The molecule has 0 aliphatic carbocycles. The highest BCUT2D eigenvalue weighted by Gasteiger charge is 2.19. The third-order valence-corrected chi connectivity index (χ3v) is 2.62. The van der Waals surface area contributed by atoms with E-state index >= 15 is 0 Å². The van der Waals surface area contributed by atoms with Gasteiger partial charge in [-0.2, -0.15) is 0 Å². The Morgan fingerprint density at radius 2 is 2.16 bits per heavy atom. The number of carbonyl (C=O) groups is 2. The maximum atomic E-state index is 11.0. The minimum atomic E-state index is -1.09. The van der Waals surface area contributed by atoms with Crippen molar-refractivity contribution >= 4 is 11.9 Å². The van der Waals surface area contributed by atoms with Crippen LogP contribution >= 0.6 is 0 Å². The average Bonchev–Trinajstić information content (AvgIpc) is 2.32. The lowest BCUT2D eigenvalue weighted by Gasteiger charge is -2.14. The number of phenols is 1. The van der Waals surface area contributed by atoms with Gasteiger partial charge in [0.15, 0.2) is 0 Å². The van der Waals surface area contributed by atoms with Gasteiger partial charge in [-0.1, -0.05) is 18.2 Å². The van der Waals surface area contributed by atoms with E-state index in [-0.39, 0.29) is 12.2 Å². The Balaban J connectivity index is 2.90. The van der Waals surface area contributed by atoms with Crippen LogP contribution in [0, 0.1) is 0 Å². The molecule has 0 spiro atoms. The highest BCUT2D eigenvalue weighted by atomic mass is 16.4. The SMILES string of the molecule is C=CCc1cc(CC(NC(C)=O)C(=O)O)ccc1O. The van der Waals surface area contributed by atoms with Crippen LogP contribution in [0.3, 0.4) is 0 Å². The zero-order valence-corrected chi connectivity index (χ0v) is 10.7. The second-order valence-corrected chi connectivity index (χ2v) is 4.25. The van der Waals surface area contributed by atoms with Crippen LogP contribution in [0.2, 0.25) is 0 Å². The van der Waals surface area contributed by atoms with Gasteiger partial charge in [-0.25, -0.2) is 4.79 Å². The highest BCUT2D eigenvalue weighted by molar-refractivity contribution is 5.82. The molecule has 1 aromatic rings. The van der Waals surface area contributed by atoms with E-state index < -0.39 is 17.9 Å². The number of allylic oxidation sites excluding steroid dienone is 1. The fraction of sp³-hybridized carbons (Fsp3) is 0.286. The minimum absolute atomic E-state index is 0.148. The van der Waals surface area contributed by atoms with E-state index in [4.69, 9.17) is 5.11 Å². The first-order valence-corrected chi connectivity index (χ1v) is 5.85. The Kier molecular flexibility index (Phi) is 5.11. The number of nitrogens with one attached hydrogen (secondary N) is 1. The lowest BCUT2D eigenvalue weighted by molar-refractivity contribution is -0.141. The van der Waals surface area contributed by atoms with Crippen molar-refractivity contribution in [2.75, 3.05) is 0 Å². The van der Waals surface area contributed by atoms with Crippen LogP contribution in [0.5, 0.6) is 5.75 Å². The summed E-state index contributed by atoms with van der Waals surface area (Å²) >= 11 is 0. The second kappa shape index (κ2) is 6.58. The van der Waals surface area contributed by atoms with Crippen molar-refractivity contribution in [3.05, 3.63) is 42.0 Å². The molecule has 0 fully saturated rings. The van der Waals surface area contributed by atoms with Crippen LogP contribution in [0.4, 0.5) is 0 Å². The van der Waals surface area contributed by atoms with E-state index in [1.54, 1.807) is 18.2 Å². The largest absolute Gasteiger partial charge is 0.508 e. The number of hydrogen-bond acceptors (Lipinski definition) is 3. The number of carbonyl (C=O) groups excluding carboxylic acids is 1. The number of aromatic hydroxyl groups is 1. The van der Waals surface area contributed by atoms with Crippen LogP contribution < -0.4 is 5.32 Å². The summed E-state index contributed by atoms with van der Waals surface area (Å²) in [4.78, 5) is 22.0. The smallest absolute Gasteiger partial charge is 0.326 e. The summed E-state index contributed by atoms with van der Waals surface area (Å²) in [6, 6.07) is 3.90. The maximum Gasteiger partial charge on any atom is 0.326 e. The first kappa shape index (κ1) is 14.8. The first-order chi connectivity index (χ1) is 8.93. The van der Waals surface area contributed by atoms with Crippen molar-refractivity contribution in [1.29, 1.82) is 0 Å². The van der Waals surface area contributed by atoms with Gasteiger partial charge in [0.1, 0.15) is 11.8 Å². The molecule has 1 atom stereocenters. The van der Waals surface area contributed by atoms with Crippen LogP contribution in [0.15, 0.2) is 30.9 Å². The van der Waals surface area contributed by atoms with Gasteiger partial charge in [0.25, 0.3) is 0 Å². The predicted molar refractivity (Wildman–Crippen MR) is 71.0 cm³/mol. The molecule has 1 rings (SSSR count). The molecule has 0 radical (unpaired) electrons. The van der Waals surface area contributed by atoms with E-state index in [1.165, 1.54) is 13.0 Å². The molecule has 1 amide bonds. The molecule has 0 aliphatic rings. The molecule has 5 nitrogen and oxygen atoms in total. The van der Waals surface area contributed by atoms with E-state index in [1.807, 2.05) is 0 Å². The molecule has 0 saturated carbocycles. The van der Waals surface area contributed by atoms with Crippen molar-refractivity contribution in [1.82, 2.24) is 5.32 Å². The van der Waals surface area contributed by atoms with Crippen LogP contribution in [-0.2, 0) is 22.4 Å². The zero-order valence-electron chi connectivity index (χ0n) is 10.7. The number of amides is 1. The predicted octanol–water partition coefficient (Wildman–Crippen LogP) is 1.25. The molecule has 0 aromatic heterocycles. The Morgan fingerprint density at radius 3 is 2.68 bits per heavy atom. The van der Waals surface area contributed by atoms with Crippen molar-refractivity contribution in [2.45, 2.75) is 25.8 Å². The molecule has 0 saturated heterocycles.